The Bertz CT molecular complexity index is 1290. The molecule has 0 unspecified atom stereocenters. The monoisotopic (exact) mass is 475 g/mol. The van der Waals surface area contributed by atoms with Crippen LogP contribution in [-0.4, -0.2) is 44.8 Å². The highest BCUT2D eigenvalue weighted by Crippen LogP contribution is 2.34. The lowest BCUT2D eigenvalue weighted by molar-refractivity contribution is -0.113. The molecule has 0 radical (unpaired) electrons. The van der Waals surface area contributed by atoms with Gasteiger partial charge in [-0.15, -0.1) is 10.2 Å². The molecule has 34 heavy (non-hydrogen) atoms. The molecule has 0 spiro atoms. The molecule has 0 bridgehead atoms. The van der Waals surface area contributed by atoms with Gasteiger partial charge in [0.05, 0.1) is 12.4 Å². The number of hydrogen-bond donors (Lipinski definition) is 1. The van der Waals surface area contributed by atoms with Gasteiger partial charge >= 0.3 is 0 Å². The van der Waals surface area contributed by atoms with E-state index in [1.54, 1.807) is 30.6 Å². The van der Waals surface area contributed by atoms with Crippen LogP contribution in [0.25, 0.3) is 17.1 Å². The van der Waals surface area contributed by atoms with Crippen molar-refractivity contribution in [2.24, 2.45) is 0 Å². The molecule has 1 aliphatic heterocycles. The Morgan fingerprint density at radius 2 is 1.85 bits per heavy atom. The van der Waals surface area contributed by atoms with Crippen molar-refractivity contribution in [1.29, 1.82) is 0 Å². The van der Waals surface area contributed by atoms with Gasteiger partial charge in [0.25, 0.3) is 0 Å². The number of thioether (sulfide) groups is 1. The zero-order valence-electron chi connectivity index (χ0n) is 18.3. The Hall–Kier alpha value is -4.05. The Labute approximate surface area is 200 Å². The molecule has 172 valence electrons. The van der Waals surface area contributed by atoms with Crippen molar-refractivity contribution >= 4 is 23.4 Å². The third-order valence-corrected chi connectivity index (χ3v) is 5.90. The van der Waals surface area contributed by atoms with Gasteiger partial charge < -0.3 is 19.5 Å². The summed E-state index contributed by atoms with van der Waals surface area (Å²) >= 11 is 1.30. The lowest BCUT2D eigenvalue weighted by atomic mass is 10.2. The Kier molecular flexibility index (Phi) is 6.30. The van der Waals surface area contributed by atoms with E-state index in [4.69, 9.17) is 14.2 Å². The number of hydrogen-bond acceptors (Lipinski definition) is 8. The zero-order valence-corrected chi connectivity index (χ0v) is 19.1. The molecule has 2 aromatic heterocycles. The first kappa shape index (κ1) is 21.8. The molecule has 0 aliphatic carbocycles. The summed E-state index contributed by atoms with van der Waals surface area (Å²) in [5.41, 5.74) is 2.37. The van der Waals surface area contributed by atoms with Crippen molar-refractivity contribution in [2.75, 3.05) is 24.5 Å². The molecular formula is C24H21N5O4S. The number of anilines is 1. The summed E-state index contributed by atoms with van der Waals surface area (Å²) in [6.45, 7) is 2.72. The molecule has 4 aromatic rings. The number of pyridine rings is 1. The number of nitrogens with one attached hydrogen (secondary N) is 1. The van der Waals surface area contributed by atoms with Gasteiger partial charge in [0.1, 0.15) is 5.75 Å². The number of carbonyl (C=O) groups is 1. The van der Waals surface area contributed by atoms with E-state index in [1.807, 2.05) is 47.9 Å². The molecule has 1 N–H and O–H groups in total. The minimum atomic E-state index is -0.171. The molecule has 0 atom stereocenters. The van der Waals surface area contributed by atoms with Crippen LogP contribution in [0, 0.1) is 0 Å². The second-order valence-electron chi connectivity index (χ2n) is 7.21. The van der Waals surface area contributed by atoms with Gasteiger partial charge in [-0.25, -0.2) is 0 Å². The van der Waals surface area contributed by atoms with Gasteiger partial charge in [0, 0.05) is 35.4 Å². The van der Waals surface area contributed by atoms with Crippen LogP contribution in [0.15, 0.2) is 72.1 Å². The molecule has 2 aromatic carbocycles. The van der Waals surface area contributed by atoms with Crippen LogP contribution in [0.1, 0.15) is 6.92 Å². The van der Waals surface area contributed by atoms with Crippen LogP contribution >= 0.6 is 11.8 Å². The van der Waals surface area contributed by atoms with Crippen LogP contribution in [0.5, 0.6) is 17.2 Å². The van der Waals surface area contributed by atoms with E-state index in [2.05, 4.69) is 20.5 Å². The Balaban J connectivity index is 1.36. The Morgan fingerprint density at radius 1 is 1.06 bits per heavy atom. The van der Waals surface area contributed by atoms with E-state index in [9.17, 15) is 4.79 Å². The zero-order chi connectivity index (χ0) is 23.3. The molecule has 0 saturated carbocycles. The second-order valence-corrected chi connectivity index (χ2v) is 8.15. The molecule has 3 heterocycles. The first-order chi connectivity index (χ1) is 16.7. The summed E-state index contributed by atoms with van der Waals surface area (Å²) < 4.78 is 18.2. The predicted octanol–water partition coefficient (Wildman–Crippen LogP) is 4.19. The fourth-order valence-electron chi connectivity index (χ4n) is 3.44. The van der Waals surface area contributed by atoms with E-state index in [0.717, 1.165) is 17.0 Å². The number of nitrogens with zero attached hydrogens (tertiary/aromatic N) is 4. The maximum Gasteiger partial charge on any atom is 0.234 e. The van der Waals surface area contributed by atoms with Gasteiger partial charge in [0.15, 0.2) is 22.5 Å². The Morgan fingerprint density at radius 3 is 2.65 bits per heavy atom. The minimum Gasteiger partial charge on any atom is -0.494 e. The molecule has 1 aliphatic rings. The van der Waals surface area contributed by atoms with E-state index >= 15 is 0 Å². The largest absolute Gasteiger partial charge is 0.494 e. The lowest BCUT2D eigenvalue weighted by Gasteiger charge is -2.11. The average Bonchev–Trinajstić information content (AvgIpc) is 3.51. The summed E-state index contributed by atoms with van der Waals surface area (Å²) in [7, 11) is 0. The molecule has 10 heteroatoms. The summed E-state index contributed by atoms with van der Waals surface area (Å²) in [5, 5.41) is 12.2. The van der Waals surface area contributed by atoms with Gasteiger partial charge in [-0.1, -0.05) is 11.8 Å². The summed E-state index contributed by atoms with van der Waals surface area (Å²) in [6.07, 6.45) is 3.41. The quantitative estimate of drug-likeness (QED) is 0.379. The highest BCUT2D eigenvalue weighted by molar-refractivity contribution is 7.99. The number of ether oxygens (including phenoxy) is 3. The van der Waals surface area contributed by atoms with Crippen LogP contribution in [-0.2, 0) is 4.79 Å². The average molecular weight is 476 g/mol. The van der Waals surface area contributed by atoms with Crippen molar-refractivity contribution in [1.82, 2.24) is 19.7 Å². The van der Waals surface area contributed by atoms with Crippen molar-refractivity contribution in [3.63, 3.8) is 0 Å². The smallest absolute Gasteiger partial charge is 0.234 e. The fraction of sp³-hybridized carbons (Fsp3) is 0.167. The third kappa shape index (κ3) is 4.67. The number of aromatic nitrogens is 4. The lowest BCUT2D eigenvalue weighted by Crippen LogP contribution is -2.14. The van der Waals surface area contributed by atoms with Crippen molar-refractivity contribution in [3.8, 4) is 34.3 Å². The number of carbonyl (C=O) groups excluding carboxylic acids is 1. The normalized spacial score (nSPS) is 11.9. The fourth-order valence-corrected chi connectivity index (χ4v) is 4.20. The van der Waals surface area contributed by atoms with Crippen molar-refractivity contribution < 1.29 is 19.0 Å². The van der Waals surface area contributed by atoms with E-state index in [0.29, 0.717) is 34.8 Å². The first-order valence-corrected chi connectivity index (χ1v) is 11.6. The van der Waals surface area contributed by atoms with E-state index in [-0.39, 0.29) is 18.5 Å². The van der Waals surface area contributed by atoms with Gasteiger partial charge in [-0.3, -0.25) is 14.3 Å². The predicted molar refractivity (Wildman–Crippen MR) is 128 cm³/mol. The standard InChI is InChI=1S/C24H21N5O4S/c1-2-31-19-6-4-18(5-7-19)29-23(16-9-11-25-12-10-16)27-28-24(29)34-14-22(30)26-17-3-8-20-21(13-17)33-15-32-20/h3-13H,2,14-15H2,1H3,(H,26,30). The minimum absolute atomic E-state index is 0.153. The molecule has 5 rings (SSSR count). The van der Waals surface area contributed by atoms with Crippen LogP contribution in [0.3, 0.4) is 0 Å². The number of amides is 1. The first-order valence-electron chi connectivity index (χ1n) is 10.6. The third-order valence-electron chi connectivity index (χ3n) is 4.97. The summed E-state index contributed by atoms with van der Waals surface area (Å²) in [6, 6.07) is 16.7. The maximum atomic E-state index is 12.6. The van der Waals surface area contributed by atoms with Crippen LogP contribution in [0.2, 0.25) is 0 Å². The van der Waals surface area contributed by atoms with Gasteiger partial charge in [0.2, 0.25) is 12.7 Å². The maximum absolute atomic E-state index is 12.6. The second kappa shape index (κ2) is 9.84. The summed E-state index contributed by atoms with van der Waals surface area (Å²) in [4.78, 5) is 16.7. The highest BCUT2D eigenvalue weighted by atomic mass is 32.2. The topological polar surface area (TPSA) is 100 Å². The van der Waals surface area contributed by atoms with Gasteiger partial charge in [-0.05, 0) is 55.5 Å². The number of benzene rings is 2. The highest BCUT2D eigenvalue weighted by Gasteiger charge is 2.18. The summed E-state index contributed by atoms with van der Waals surface area (Å²) in [5.74, 6) is 2.70. The van der Waals surface area contributed by atoms with Gasteiger partial charge in [-0.2, -0.15) is 0 Å². The molecule has 0 saturated heterocycles. The SMILES string of the molecule is CCOc1ccc(-n2c(SCC(=O)Nc3ccc4c(c3)OCO4)nnc2-c2ccncc2)cc1. The molecular weight excluding hydrogens is 454 g/mol. The molecule has 9 nitrogen and oxygen atoms in total. The molecule has 0 fully saturated rings. The molecule has 1 amide bonds. The van der Waals surface area contributed by atoms with E-state index in [1.165, 1.54) is 11.8 Å². The number of fused-ring (bicyclic) bond motifs is 1. The van der Waals surface area contributed by atoms with Crippen LogP contribution < -0.4 is 19.5 Å². The van der Waals surface area contributed by atoms with Crippen molar-refractivity contribution in [3.05, 3.63) is 67.0 Å². The van der Waals surface area contributed by atoms with E-state index < -0.39 is 0 Å². The number of rotatable bonds is 8. The van der Waals surface area contributed by atoms with Crippen molar-refractivity contribution in [2.45, 2.75) is 12.1 Å². The van der Waals surface area contributed by atoms with Crippen LogP contribution in [0.4, 0.5) is 5.69 Å².